The molecule has 1 N–H and O–H groups in total. The predicted molar refractivity (Wildman–Crippen MR) is 128 cm³/mol. The van der Waals surface area contributed by atoms with Gasteiger partial charge in [0.2, 0.25) is 6.79 Å². The number of thiazole rings is 1. The summed E-state index contributed by atoms with van der Waals surface area (Å²) in [5, 5.41) is 4.22. The van der Waals surface area contributed by atoms with Gasteiger partial charge in [0.1, 0.15) is 4.83 Å². The molecule has 0 saturated carbocycles. The second kappa shape index (κ2) is 8.88. The number of ether oxygens (including phenoxy) is 3. The molecule has 4 heterocycles. The fourth-order valence-corrected chi connectivity index (χ4v) is 6.61. The van der Waals surface area contributed by atoms with Crippen LogP contribution in [0.15, 0.2) is 24.3 Å². The summed E-state index contributed by atoms with van der Waals surface area (Å²) in [5.41, 5.74) is 0.973. The van der Waals surface area contributed by atoms with Crippen LogP contribution in [0.5, 0.6) is 11.5 Å². The van der Waals surface area contributed by atoms with Crippen molar-refractivity contribution in [3.8, 4) is 11.5 Å². The van der Waals surface area contributed by atoms with Crippen molar-refractivity contribution >= 4 is 43.2 Å². The van der Waals surface area contributed by atoms with Gasteiger partial charge in [-0.1, -0.05) is 17.4 Å². The molecule has 0 atom stereocenters. The topological polar surface area (TPSA) is 72.9 Å². The van der Waals surface area contributed by atoms with Crippen molar-refractivity contribution in [2.75, 3.05) is 44.5 Å². The van der Waals surface area contributed by atoms with E-state index in [4.69, 9.17) is 19.2 Å². The maximum atomic E-state index is 13.0. The standard InChI is InChI=1S/C23H27N3O4S2/c1-3-26(4-2)22-25-21-19(32-22)12-18(31-21)20(27)24-13-23(7-9-28-10-8-23)15-5-6-16-17(11-15)30-14-29-16/h5-6,11-12H,3-4,7-10,13-14H2,1-2H3,(H,24,27). The predicted octanol–water partition coefficient (Wildman–Crippen LogP) is 4.41. The van der Waals surface area contributed by atoms with E-state index in [1.165, 1.54) is 11.3 Å². The maximum absolute atomic E-state index is 13.0. The van der Waals surface area contributed by atoms with Gasteiger partial charge in [0.05, 0.1) is 9.58 Å². The third-order valence-electron chi connectivity index (χ3n) is 6.36. The zero-order chi connectivity index (χ0) is 22.1. The zero-order valence-electron chi connectivity index (χ0n) is 18.3. The van der Waals surface area contributed by atoms with Crippen LogP contribution in [0, 0.1) is 0 Å². The summed E-state index contributed by atoms with van der Waals surface area (Å²) >= 11 is 3.11. The molecule has 0 spiro atoms. The van der Waals surface area contributed by atoms with Gasteiger partial charge in [-0.25, -0.2) is 4.98 Å². The molecule has 0 aliphatic carbocycles. The van der Waals surface area contributed by atoms with Gasteiger partial charge in [-0.2, -0.15) is 0 Å². The highest BCUT2D eigenvalue weighted by atomic mass is 32.1. The average Bonchev–Trinajstić information content (AvgIpc) is 3.53. The lowest BCUT2D eigenvalue weighted by Crippen LogP contribution is -2.44. The first-order valence-electron chi connectivity index (χ1n) is 11.0. The highest BCUT2D eigenvalue weighted by molar-refractivity contribution is 7.29. The van der Waals surface area contributed by atoms with Gasteiger partial charge in [-0.15, -0.1) is 11.3 Å². The lowest BCUT2D eigenvalue weighted by atomic mass is 9.74. The summed E-state index contributed by atoms with van der Waals surface area (Å²) in [6.45, 7) is 8.28. The molecule has 1 amide bonds. The Hall–Kier alpha value is -2.36. The SMILES string of the molecule is CCN(CC)c1nc2sc(C(=O)NCC3(c4ccc5c(c4)OCO5)CCOCC3)cc2s1. The highest BCUT2D eigenvalue weighted by Crippen LogP contribution is 2.41. The Morgan fingerprint density at radius 2 is 1.91 bits per heavy atom. The summed E-state index contributed by atoms with van der Waals surface area (Å²) in [7, 11) is 0. The number of amides is 1. The van der Waals surface area contributed by atoms with Gasteiger partial charge in [0.25, 0.3) is 5.91 Å². The molecule has 2 aliphatic rings. The Bertz CT molecular complexity index is 1080. The van der Waals surface area contributed by atoms with E-state index in [1.807, 2.05) is 12.1 Å². The van der Waals surface area contributed by atoms with E-state index in [2.05, 4.69) is 36.2 Å². The molecule has 5 rings (SSSR count). The van der Waals surface area contributed by atoms with Crippen molar-refractivity contribution in [1.29, 1.82) is 0 Å². The molecule has 3 aromatic rings. The lowest BCUT2D eigenvalue weighted by Gasteiger charge is -2.38. The van der Waals surface area contributed by atoms with Crippen LogP contribution < -0.4 is 19.7 Å². The number of anilines is 1. The second-order valence-corrected chi connectivity index (χ2v) is 10.1. The minimum Gasteiger partial charge on any atom is -0.454 e. The van der Waals surface area contributed by atoms with Gasteiger partial charge >= 0.3 is 0 Å². The number of benzene rings is 1. The van der Waals surface area contributed by atoms with Crippen molar-refractivity contribution in [2.24, 2.45) is 0 Å². The Labute approximate surface area is 195 Å². The van der Waals surface area contributed by atoms with Gasteiger partial charge in [-0.05, 0) is 50.5 Å². The van der Waals surface area contributed by atoms with E-state index in [0.29, 0.717) is 24.6 Å². The third kappa shape index (κ3) is 3.93. The monoisotopic (exact) mass is 473 g/mol. The van der Waals surface area contributed by atoms with Crippen molar-refractivity contribution in [3.63, 3.8) is 0 Å². The summed E-state index contributed by atoms with van der Waals surface area (Å²) < 4.78 is 17.8. The van der Waals surface area contributed by atoms with E-state index in [-0.39, 0.29) is 18.1 Å². The smallest absolute Gasteiger partial charge is 0.261 e. The average molecular weight is 474 g/mol. The normalized spacial score (nSPS) is 16.9. The molecule has 32 heavy (non-hydrogen) atoms. The molecule has 0 bridgehead atoms. The summed E-state index contributed by atoms with van der Waals surface area (Å²) in [5.74, 6) is 1.50. The van der Waals surface area contributed by atoms with Crippen LogP contribution in [-0.2, 0) is 10.2 Å². The van der Waals surface area contributed by atoms with Crippen molar-refractivity contribution in [3.05, 3.63) is 34.7 Å². The molecular formula is C23H27N3O4S2. The molecule has 0 unspecified atom stereocenters. The fraction of sp³-hybridized carbons (Fsp3) is 0.478. The van der Waals surface area contributed by atoms with Crippen LogP contribution in [0.3, 0.4) is 0 Å². The van der Waals surface area contributed by atoms with Gasteiger partial charge in [-0.3, -0.25) is 4.79 Å². The Morgan fingerprint density at radius 1 is 1.12 bits per heavy atom. The number of thiophene rings is 1. The quantitative estimate of drug-likeness (QED) is 0.548. The molecular weight excluding hydrogens is 446 g/mol. The fourth-order valence-electron chi connectivity index (χ4n) is 4.36. The minimum absolute atomic E-state index is 0.0452. The summed E-state index contributed by atoms with van der Waals surface area (Å²) in [6, 6.07) is 8.07. The number of nitrogens with zero attached hydrogens (tertiary/aromatic N) is 2. The Kier molecular flexibility index (Phi) is 5.96. The molecule has 2 aromatic heterocycles. The van der Waals surface area contributed by atoms with Crippen LogP contribution in [0.25, 0.3) is 9.53 Å². The maximum Gasteiger partial charge on any atom is 0.261 e. The third-order valence-corrected chi connectivity index (χ3v) is 8.58. The first-order valence-corrected chi connectivity index (χ1v) is 12.7. The lowest BCUT2D eigenvalue weighted by molar-refractivity contribution is 0.0487. The molecule has 0 radical (unpaired) electrons. The summed E-state index contributed by atoms with van der Waals surface area (Å²) in [4.78, 5) is 21.6. The van der Waals surface area contributed by atoms with E-state index < -0.39 is 0 Å². The first kappa shape index (κ1) is 21.5. The van der Waals surface area contributed by atoms with Crippen LogP contribution in [-0.4, -0.2) is 50.5 Å². The van der Waals surface area contributed by atoms with E-state index in [9.17, 15) is 4.79 Å². The van der Waals surface area contributed by atoms with Crippen LogP contribution in [0.2, 0.25) is 0 Å². The largest absolute Gasteiger partial charge is 0.454 e. The minimum atomic E-state index is -0.183. The number of nitrogens with one attached hydrogen (secondary N) is 1. The van der Waals surface area contributed by atoms with Gasteiger partial charge in [0.15, 0.2) is 16.6 Å². The molecule has 2 aliphatic heterocycles. The molecule has 9 heteroatoms. The Morgan fingerprint density at radius 3 is 2.66 bits per heavy atom. The van der Waals surface area contributed by atoms with E-state index in [0.717, 1.165) is 57.7 Å². The number of carbonyl (C=O) groups excluding carboxylic acids is 1. The van der Waals surface area contributed by atoms with E-state index in [1.54, 1.807) is 11.3 Å². The Balaban J connectivity index is 1.33. The van der Waals surface area contributed by atoms with Gasteiger partial charge in [0, 0.05) is 38.3 Å². The van der Waals surface area contributed by atoms with Crippen LogP contribution in [0.4, 0.5) is 5.13 Å². The number of rotatable bonds is 7. The zero-order valence-corrected chi connectivity index (χ0v) is 19.9. The van der Waals surface area contributed by atoms with Crippen molar-refractivity contribution in [2.45, 2.75) is 32.1 Å². The molecule has 1 fully saturated rings. The second-order valence-electron chi connectivity index (χ2n) is 8.09. The molecule has 1 aromatic carbocycles. The molecule has 7 nitrogen and oxygen atoms in total. The highest BCUT2D eigenvalue weighted by Gasteiger charge is 2.36. The number of hydrogen-bond acceptors (Lipinski definition) is 8. The number of fused-ring (bicyclic) bond motifs is 2. The van der Waals surface area contributed by atoms with Crippen molar-refractivity contribution < 1.29 is 19.0 Å². The molecule has 170 valence electrons. The van der Waals surface area contributed by atoms with E-state index >= 15 is 0 Å². The van der Waals surface area contributed by atoms with Crippen molar-refractivity contribution in [1.82, 2.24) is 10.3 Å². The number of aromatic nitrogens is 1. The summed E-state index contributed by atoms with van der Waals surface area (Å²) in [6.07, 6.45) is 1.70. The van der Waals surface area contributed by atoms with Gasteiger partial charge < -0.3 is 24.4 Å². The number of carbonyl (C=O) groups is 1. The molecule has 1 saturated heterocycles. The number of hydrogen-bond donors (Lipinski definition) is 1. The first-order chi connectivity index (χ1) is 15.6. The van der Waals surface area contributed by atoms with Crippen LogP contribution in [0.1, 0.15) is 41.9 Å². The van der Waals surface area contributed by atoms with Crippen LogP contribution >= 0.6 is 22.7 Å².